The summed E-state index contributed by atoms with van der Waals surface area (Å²) in [5.74, 6) is -1.11. The molecule has 0 radical (unpaired) electrons. The van der Waals surface area contributed by atoms with Crippen LogP contribution in [-0.4, -0.2) is 96.6 Å². The number of amides is 4. The number of hydrogen-bond acceptors (Lipinski definition) is 9. The number of anilines is 1. The smallest absolute Gasteiger partial charge is 0.321 e. The first-order chi connectivity index (χ1) is 18.1. The summed E-state index contributed by atoms with van der Waals surface area (Å²) in [6, 6.07) is 4.91. The number of fused-ring (bicyclic) bond motifs is 1. The lowest BCUT2D eigenvalue weighted by molar-refractivity contribution is 0.0964. The molecular weight excluding hydrogens is 534 g/mol. The highest BCUT2D eigenvalue weighted by Gasteiger charge is 2.29. The van der Waals surface area contributed by atoms with E-state index in [1.165, 1.54) is 61.2 Å². The van der Waals surface area contributed by atoms with Gasteiger partial charge in [0.05, 0.1) is 23.7 Å². The van der Waals surface area contributed by atoms with Gasteiger partial charge in [-0.25, -0.2) is 13.2 Å². The average molecular weight is 568 g/mol. The molecule has 1 aliphatic rings. The Hall–Kier alpha value is -2.88. The van der Waals surface area contributed by atoms with E-state index in [-0.39, 0.29) is 42.3 Å². The molecule has 0 spiro atoms. The zero-order chi connectivity index (χ0) is 27.9. The molecule has 0 fully saturated rings. The highest BCUT2D eigenvalue weighted by Crippen LogP contribution is 2.37. The highest BCUT2D eigenvalue weighted by molar-refractivity contribution is 7.89. The predicted octanol–water partition coefficient (Wildman–Crippen LogP) is 1.34. The second-order valence-corrected chi connectivity index (χ2v) is 11.6. The lowest BCUT2D eigenvalue weighted by atomic mass is 10.0. The summed E-state index contributed by atoms with van der Waals surface area (Å²) >= 11 is 1.29. The van der Waals surface area contributed by atoms with Crippen LogP contribution in [0.5, 0.6) is 0 Å². The molecule has 1 aliphatic heterocycles. The number of ether oxygens (including phenoxy) is 2. The molecule has 3 rings (SSSR count). The van der Waals surface area contributed by atoms with Gasteiger partial charge in [-0.15, -0.1) is 11.3 Å². The molecule has 38 heavy (non-hydrogen) atoms. The van der Waals surface area contributed by atoms with Crippen LogP contribution in [0.25, 0.3) is 0 Å². The van der Waals surface area contributed by atoms with Crippen molar-refractivity contribution in [3.63, 3.8) is 0 Å². The van der Waals surface area contributed by atoms with Gasteiger partial charge in [-0.3, -0.25) is 14.9 Å². The summed E-state index contributed by atoms with van der Waals surface area (Å²) in [6.07, 6.45) is 0.601. The molecule has 0 saturated heterocycles. The van der Waals surface area contributed by atoms with Crippen LogP contribution in [0.3, 0.4) is 0 Å². The first-order valence-corrected chi connectivity index (χ1v) is 14.1. The average Bonchev–Trinajstić information content (AvgIpc) is 3.25. The summed E-state index contributed by atoms with van der Waals surface area (Å²) < 4.78 is 37.6. The monoisotopic (exact) mass is 567 g/mol. The van der Waals surface area contributed by atoms with E-state index in [4.69, 9.17) is 9.47 Å². The van der Waals surface area contributed by atoms with Crippen LogP contribution in [0.15, 0.2) is 29.2 Å². The molecule has 14 heteroatoms. The number of imide groups is 1. The summed E-state index contributed by atoms with van der Waals surface area (Å²) in [7, 11) is 2.51. The van der Waals surface area contributed by atoms with Crippen molar-refractivity contribution in [1.29, 1.82) is 0 Å². The molecule has 0 saturated carbocycles. The molecular formula is C24H33N5O7S2. The molecule has 1 aromatic heterocycles. The number of hydrogen-bond donors (Lipinski definition) is 3. The lowest BCUT2D eigenvalue weighted by Crippen LogP contribution is -2.38. The van der Waals surface area contributed by atoms with Crippen LogP contribution in [0, 0.1) is 0 Å². The first-order valence-electron chi connectivity index (χ1n) is 11.9. The van der Waals surface area contributed by atoms with Gasteiger partial charge < -0.3 is 25.0 Å². The number of nitrogens with zero attached hydrogens (tertiary/aromatic N) is 2. The van der Waals surface area contributed by atoms with E-state index in [2.05, 4.69) is 20.9 Å². The Balaban J connectivity index is 1.84. The second-order valence-electron chi connectivity index (χ2n) is 8.60. The molecule has 0 unspecified atom stereocenters. The van der Waals surface area contributed by atoms with E-state index < -0.39 is 27.9 Å². The van der Waals surface area contributed by atoms with Crippen LogP contribution in [0.4, 0.5) is 9.80 Å². The molecule has 2 heterocycles. The van der Waals surface area contributed by atoms with Crippen LogP contribution < -0.4 is 16.0 Å². The Morgan fingerprint density at radius 1 is 1.05 bits per heavy atom. The molecule has 0 atom stereocenters. The van der Waals surface area contributed by atoms with Crippen molar-refractivity contribution >= 4 is 44.2 Å². The molecule has 12 nitrogen and oxygen atoms in total. The number of urea groups is 1. The minimum Gasteiger partial charge on any atom is -0.383 e. The van der Waals surface area contributed by atoms with Gasteiger partial charge >= 0.3 is 6.03 Å². The van der Waals surface area contributed by atoms with Gasteiger partial charge in [0.25, 0.3) is 11.8 Å². The fourth-order valence-electron chi connectivity index (χ4n) is 3.93. The van der Waals surface area contributed by atoms with Crippen molar-refractivity contribution in [2.45, 2.75) is 17.9 Å². The maximum atomic E-state index is 13.1. The Labute approximate surface area is 226 Å². The Bertz CT molecular complexity index is 1250. The molecule has 0 aliphatic carbocycles. The van der Waals surface area contributed by atoms with Crippen LogP contribution in [0.2, 0.25) is 0 Å². The van der Waals surface area contributed by atoms with Crippen LogP contribution in [-0.2, 0) is 32.5 Å². The Morgan fingerprint density at radius 2 is 1.68 bits per heavy atom. The first kappa shape index (κ1) is 29.7. The zero-order valence-corrected chi connectivity index (χ0v) is 23.5. The largest absolute Gasteiger partial charge is 0.383 e. The highest BCUT2D eigenvalue weighted by atomic mass is 32.2. The van der Waals surface area contributed by atoms with Crippen molar-refractivity contribution in [1.82, 2.24) is 19.8 Å². The van der Waals surface area contributed by atoms with E-state index in [0.29, 0.717) is 18.0 Å². The summed E-state index contributed by atoms with van der Waals surface area (Å²) in [6.45, 7) is 2.11. The van der Waals surface area contributed by atoms with Gasteiger partial charge in [0.1, 0.15) is 5.00 Å². The third kappa shape index (κ3) is 6.95. The van der Waals surface area contributed by atoms with Crippen molar-refractivity contribution in [2.24, 2.45) is 0 Å². The summed E-state index contributed by atoms with van der Waals surface area (Å²) in [5, 5.41) is 7.74. The van der Waals surface area contributed by atoms with Crippen molar-refractivity contribution < 1.29 is 32.3 Å². The van der Waals surface area contributed by atoms with E-state index in [1.807, 2.05) is 7.05 Å². The fourth-order valence-corrected chi connectivity index (χ4v) is 6.66. The number of methoxy groups -OCH3 is 2. The van der Waals surface area contributed by atoms with Crippen molar-refractivity contribution in [3.05, 3.63) is 45.8 Å². The molecule has 3 N–H and O–H groups in total. The van der Waals surface area contributed by atoms with Gasteiger partial charge in [0.2, 0.25) is 10.0 Å². The Morgan fingerprint density at radius 3 is 2.26 bits per heavy atom. The molecule has 4 amide bonds. The van der Waals surface area contributed by atoms with Crippen molar-refractivity contribution in [3.8, 4) is 0 Å². The number of nitrogens with one attached hydrogen (secondary N) is 3. The van der Waals surface area contributed by atoms with Crippen LogP contribution >= 0.6 is 11.3 Å². The van der Waals surface area contributed by atoms with Crippen molar-refractivity contribution in [2.75, 3.05) is 66.5 Å². The topological polar surface area (TPSA) is 146 Å². The van der Waals surface area contributed by atoms with Gasteiger partial charge in [0.15, 0.2) is 0 Å². The number of carbonyl (C=O) groups excluding carboxylic acids is 3. The van der Waals surface area contributed by atoms with Gasteiger partial charge in [0, 0.05) is 57.9 Å². The maximum absolute atomic E-state index is 13.1. The van der Waals surface area contributed by atoms with E-state index in [0.717, 1.165) is 17.0 Å². The zero-order valence-electron chi connectivity index (χ0n) is 21.8. The standard InChI is InChI=1S/C24H33N5O7S2/c1-25-24(32)27-22(31)20-18-9-10-28(2)15-19(18)37-23(20)26-21(30)16-5-7-17(8-6-16)38(33,34)29(11-13-35-3)12-14-36-4/h5-8H,9-15H2,1-4H3,(H,26,30)(H2,25,27,31,32). The third-order valence-electron chi connectivity index (χ3n) is 6.00. The minimum absolute atomic E-state index is 0.0292. The molecule has 2 aromatic rings. The second kappa shape index (κ2) is 13.3. The van der Waals surface area contributed by atoms with Gasteiger partial charge in [-0.2, -0.15) is 4.31 Å². The fraction of sp³-hybridized carbons (Fsp3) is 0.458. The lowest BCUT2D eigenvalue weighted by Gasteiger charge is -2.22. The Kier molecular flexibility index (Phi) is 10.4. The third-order valence-corrected chi connectivity index (χ3v) is 9.04. The molecule has 1 aromatic carbocycles. The summed E-state index contributed by atoms with van der Waals surface area (Å²) in [4.78, 5) is 40.9. The van der Waals surface area contributed by atoms with E-state index >= 15 is 0 Å². The van der Waals surface area contributed by atoms with Crippen LogP contribution in [0.1, 0.15) is 31.2 Å². The van der Waals surface area contributed by atoms with Gasteiger partial charge in [-0.05, 0) is 43.3 Å². The number of carbonyl (C=O) groups is 3. The maximum Gasteiger partial charge on any atom is 0.321 e. The van der Waals surface area contributed by atoms with Gasteiger partial charge in [-0.1, -0.05) is 0 Å². The predicted molar refractivity (Wildman–Crippen MR) is 143 cm³/mol. The van der Waals surface area contributed by atoms with E-state index in [1.54, 1.807) is 0 Å². The number of thiophene rings is 1. The number of rotatable bonds is 11. The number of sulfonamides is 1. The summed E-state index contributed by atoms with van der Waals surface area (Å²) in [5.41, 5.74) is 1.28. The molecule has 0 bridgehead atoms. The normalized spacial score (nSPS) is 13.7. The number of likely N-dealkylation sites (N-methyl/N-ethyl adjacent to an activating group) is 1. The quantitative estimate of drug-likeness (QED) is 0.369. The minimum atomic E-state index is -3.84. The SMILES string of the molecule is CNC(=O)NC(=O)c1c(NC(=O)c2ccc(S(=O)(=O)N(CCOC)CCOC)cc2)sc2c1CCN(C)C2. The van der Waals surface area contributed by atoms with E-state index in [9.17, 15) is 22.8 Å². The molecule has 208 valence electrons. The number of benzene rings is 1.